The molecule has 0 aromatic heterocycles. The molecule has 0 heterocycles. The van der Waals surface area contributed by atoms with Crippen LogP contribution in [0.3, 0.4) is 0 Å². The summed E-state index contributed by atoms with van der Waals surface area (Å²) >= 11 is 0. The maximum atomic E-state index is 12.7. The third kappa shape index (κ3) is 6.39. The number of sulfonamides is 1. The van der Waals surface area contributed by atoms with Crippen LogP contribution in [-0.4, -0.2) is 39.4 Å². The Balaban J connectivity index is 1.68. The SMILES string of the molecule is COc1ccccc1CCOc1cccc(NC(=O)c2cc(O)ccc2NS(C)(=O)=O)c1. The minimum absolute atomic E-state index is 0.0158. The van der Waals surface area contributed by atoms with Crippen molar-refractivity contribution in [2.75, 3.05) is 30.0 Å². The van der Waals surface area contributed by atoms with Crippen molar-refractivity contribution in [1.82, 2.24) is 0 Å². The largest absolute Gasteiger partial charge is 0.508 e. The number of phenols is 1. The molecule has 0 unspecified atom stereocenters. The lowest BCUT2D eigenvalue weighted by Gasteiger charge is -2.13. The number of methoxy groups -OCH3 is 1. The van der Waals surface area contributed by atoms with Crippen molar-refractivity contribution in [3.63, 3.8) is 0 Å². The van der Waals surface area contributed by atoms with Crippen molar-refractivity contribution in [3.8, 4) is 17.2 Å². The smallest absolute Gasteiger partial charge is 0.257 e. The molecule has 0 radical (unpaired) electrons. The lowest BCUT2D eigenvalue weighted by Crippen LogP contribution is -2.17. The van der Waals surface area contributed by atoms with Crippen molar-refractivity contribution in [3.05, 3.63) is 77.9 Å². The highest BCUT2D eigenvalue weighted by Gasteiger charge is 2.16. The van der Waals surface area contributed by atoms with E-state index in [1.165, 1.54) is 18.2 Å². The summed E-state index contributed by atoms with van der Waals surface area (Å²) in [5.74, 6) is 0.602. The number of aromatic hydroxyl groups is 1. The predicted molar refractivity (Wildman–Crippen MR) is 123 cm³/mol. The Kier molecular flexibility index (Phi) is 7.21. The average molecular weight is 457 g/mol. The molecule has 8 nitrogen and oxygen atoms in total. The Labute approximate surface area is 186 Å². The second-order valence-corrected chi connectivity index (χ2v) is 8.74. The molecule has 0 saturated carbocycles. The van der Waals surface area contributed by atoms with E-state index >= 15 is 0 Å². The fraction of sp³-hybridized carbons (Fsp3) is 0.174. The molecule has 3 N–H and O–H groups in total. The molecular formula is C23H24N2O6S. The van der Waals surface area contributed by atoms with Crippen LogP contribution in [0.2, 0.25) is 0 Å². The topological polar surface area (TPSA) is 114 Å². The van der Waals surface area contributed by atoms with Crippen molar-refractivity contribution in [2.45, 2.75) is 6.42 Å². The summed E-state index contributed by atoms with van der Waals surface area (Å²) in [6.07, 6.45) is 1.62. The molecule has 3 aromatic rings. The van der Waals surface area contributed by atoms with E-state index in [-0.39, 0.29) is 17.0 Å². The number of ether oxygens (including phenoxy) is 2. The zero-order chi connectivity index (χ0) is 23.1. The normalized spacial score (nSPS) is 10.9. The molecule has 1 amide bonds. The summed E-state index contributed by atoms with van der Waals surface area (Å²) in [6, 6.07) is 18.3. The summed E-state index contributed by atoms with van der Waals surface area (Å²) in [4.78, 5) is 12.7. The number of anilines is 2. The van der Waals surface area contributed by atoms with Crippen LogP contribution in [0.4, 0.5) is 11.4 Å². The summed E-state index contributed by atoms with van der Waals surface area (Å²) in [5.41, 5.74) is 1.53. The van der Waals surface area contributed by atoms with Gasteiger partial charge >= 0.3 is 0 Å². The van der Waals surface area contributed by atoms with Gasteiger partial charge in [0, 0.05) is 18.2 Å². The zero-order valence-electron chi connectivity index (χ0n) is 17.7. The van der Waals surface area contributed by atoms with Crippen LogP contribution in [0.15, 0.2) is 66.7 Å². The van der Waals surface area contributed by atoms with Crippen LogP contribution in [0.1, 0.15) is 15.9 Å². The summed E-state index contributed by atoms with van der Waals surface area (Å²) in [5, 5.41) is 12.4. The van der Waals surface area contributed by atoms with Gasteiger partial charge in [-0.05, 0) is 42.0 Å². The van der Waals surface area contributed by atoms with E-state index in [0.717, 1.165) is 17.6 Å². The molecule has 9 heteroatoms. The minimum Gasteiger partial charge on any atom is -0.508 e. The highest BCUT2D eigenvalue weighted by Crippen LogP contribution is 2.25. The maximum Gasteiger partial charge on any atom is 0.257 e. The van der Waals surface area contributed by atoms with E-state index in [0.29, 0.717) is 24.5 Å². The molecule has 0 aliphatic carbocycles. The molecule has 0 bridgehead atoms. The molecular weight excluding hydrogens is 432 g/mol. The first-order chi connectivity index (χ1) is 15.2. The molecule has 0 spiro atoms. The number of hydrogen-bond donors (Lipinski definition) is 3. The average Bonchev–Trinajstić information content (AvgIpc) is 2.74. The van der Waals surface area contributed by atoms with E-state index in [4.69, 9.17) is 9.47 Å². The highest BCUT2D eigenvalue weighted by molar-refractivity contribution is 7.92. The number of carbonyl (C=O) groups excluding carboxylic acids is 1. The summed E-state index contributed by atoms with van der Waals surface area (Å²) in [6.45, 7) is 0.409. The monoisotopic (exact) mass is 456 g/mol. The minimum atomic E-state index is -3.60. The third-order valence-electron chi connectivity index (χ3n) is 4.47. The van der Waals surface area contributed by atoms with Crippen molar-refractivity contribution in [2.24, 2.45) is 0 Å². The predicted octanol–water partition coefficient (Wildman–Crippen LogP) is 3.65. The van der Waals surface area contributed by atoms with Crippen LogP contribution in [0.5, 0.6) is 17.2 Å². The van der Waals surface area contributed by atoms with Gasteiger partial charge in [0.15, 0.2) is 0 Å². The van der Waals surface area contributed by atoms with Crippen LogP contribution in [0, 0.1) is 0 Å². The summed E-state index contributed by atoms with van der Waals surface area (Å²) < 4.78 is 36.6. The maximum absolute atomic E-state index is 12.7. The lowest BCUT2D eigenvalue weighted by atomic mass is 10.1. The second kappa shape index (κ2) is 10.1. The molecule has 32 heavy (non-hydrogen) atoms. The van der Waals surface area contributed by atoms with E-state index in [1.807, 2.05) is 24.3 Å². The number of nitrogens with one attached hydrogen (secondary N) is 2. The van der Waals surface area contributed by atoms with Gasteiger partial charge in [0.2, 0.25) is 10.0 Å². The number of para-hydroxylation sites is 1. The number of carbonyl (C=O) groups is 1. The zero-order valence-corrected chi connectivity index (χ0v) is 18.5. The first kappa shape index (κ1) is 23.0. The standard InChI is InChI=1S/C23H24N2O6S/c1-30-22-9-4-3-6-16(22)12-13-31-19-8-5-7-17(14-19)24-23(27)20-15-18(26)10-11-21(20)25-32(2,28)29/h3-11,14-15,25-26H,12-13H2,1-2H3,(H,24,27). The molecule has 0 saturated heterocycles. The van der Waals surface area contributed by atoms with Gasteiger partial charge in [-0.2, -0.15) is 0 Å². The quantitative estimate of drug-likeness (QED) is 0.424. The third-order valence-corrected chi connectivity index (χ3v) is 5.06. The fourth-order valence-corrected chi connectivity index (χ4v) is 3.64. The van der Waals surface area contributed by atoms with Gasteiger partial charge in [0.1, 0.15) is 17.2 Å². The van der Waals surface area contributed by atoms with Crippen LogP contribution < -0.4 is 19.5 Å². The molecule has 0 fully saturated rings. The number of amides is 1. The summed E-state index contributed by atoms with van der Waals surface area (Å²) in [7, 11) is -1.98. The van der Waals surface area contributed by atoms with Crippen molar-refractivity contribution < 1.29 is 27.8 Å². The molecule has 3 aromatic carbocycles. The van der Waals surface area contributed by atoms with Crippen LogP contribution in [-0.2, 0) is 16.4 Å². The number of benzene rings is 3. The Morgan fingerprint density at radius 3 is 2.56 bits per heavy atom. The molecule has 3 rings (SSSR count). The van der Waals surface area contributed by atoms with Gasteiger partial charge in [0.05, 0.1) is 31.2 Å². The number of rotatable bonds is 9. The molecule has 0 aliphatic heterocycles. The fourth-order valence-electron chi connectivity index (χ4n) is 3.06. The van der Waals surface area contributed by atoms with Gasteiger partial charge in [-0.25, -0.2) is 8.42 Å². The van der Waals surface area contributed by atoms with Gasteiger partial charge in [0.25, 0.3) is 5.91 Å². The van der Waals surface area contributed by atoms with E-state index in [9.17, 15) is 18.3 Å². The van der Waals surface area contributed by atoms with Gasteiger partial charge in [-0.1, -0.05) is 24.3 Å². The van der Waals surface area contributed by atoms with Crippen molar-refractivity contribution >= 4 is 27.3 Å². The van der Waals surface area contributed by atoms with E-state index in [1.54, 1.807) is 31.4 Å². The first-order valence-electron chi connectivity index (χ1n) is 9.72. The Morgan fingerprint density at radius 1 is 1.03 bits per heavy atom. The first-order valence-corrected chi connectivity index (χ1v) is 11.6. The second-order valence-electron chi connectivity index (χ2n) is 7.00. The Bertz CT molecular complexity index is 1210. The van der Waals surface area contributed by atoms with Gasteiger partial charge < -0.3 is 19.9 Å². The number of hydrogen-bond acceptors (Lipinski definition) is 6. The molecule has 0 atom stereocenters. The number of phenolic OH excluding ortho intramolecular Hbond substituents is 1. The highest BCUT2D eigenvalue weighted by atomic mass is 32.2. The Hall–Kier alpha value is -3.72. The van der Waals surface area contributed by atoms with Gasteiger partial charge in [-0.15, -0.1) is 0 Å². The van der Waals surface area contributed by atoms with Gasteiger partial charge in [-0.3, -0.25) is 9.52 Å². The molecule has 168 valence electrons. The van der Waals surface area contributed by atoms with Crippen LogP contribution in [0.25, 0.3) is 0 Å². The van der Waals surface area contributed by atoms with Crippen molar-refractivity contribution in [1.29, 1.82) is 0 Å². The van der Waals surface area contributed by atoms with Crippen LogP contribution >= 0.6 is 0 Å². The Morgan fingerprint density at radius 2 is 1.81 bits per heavy atom. The van der Waals surface area contributed by atoms with E-state index in [2.05, 4.69) is 10.0 Å². The van der Waals surface area contributed by atoms with E-state index < -0.39 is 15.9 Å². The molecule has 0 aliphatic rings. The lowest BCUT2D eigenvalue weighted by molar-refractivity contribution is 0.102.